The fourth-order valence-electron chi connectivity index (χ4n) is 3.05. The van der Waals surface area contributed by atoms with Gasteiger partial charge in [-0.25, -0.2) is 4.98 Å². The van der Waals surface area contributed by atoms with Crippen molar-refractivity contribution in [3.63, 3.8) is 0 Å². The van der Waals surface area contributed by atoms with E-state index in [1.54, 1.807) is 6.20 Å². The van der Waals surface area contributed by atoms with Gasteiger partial charge in [-0.15, -0.1) is 11.3 Å². The SMILES string of the molecule is Cc1nc(-c2ccccn2)sc1C(=O)NCC1(c2ccccc2)CC1. The molecule has 1 saturated carbocycles. The van der Waals surface area contributed by atoms with Gasteiger partial charge in [-0.2, -0.15) is 0 Å². The Bertz CT molecular complexity index is 886. The molecule has 1 aromatic carbocycles. The summed E-state index contributed by atoms with van der Waals surface area (Å²) < 4.78 is 0. The van der Waals surface area contributed by atoms with E-state index in [1.165, 1.54) is 16.9 Å². The molecular formula is C20H19N3OS. The van der Waals surface area contributed by atoms with Crippen LogP contribution in [0.1, 0.15) is 33.8 Å². The summed E-state index contributed by atoms with van der Waals surface area (Å²) in [7, 11) is 0. The number of aromatic nitrogens is 2. The van der Waals surface area contributed by atoms with E-state index in [1.807, 2.05) is 31.2 Å². The number of hydrogen-bond acceptors (Lipinski definition) is 4. The summed E-state index contributed by atoms with van der Waals surface area (Å²) in [6.07, 6.45) is 3.98. The van der Waals surface area contributed by atoms with Crippen molar-refractivity contribution in [1.29, 1.82) is 0 Å². The van der Waals surface area contributed by atoms with Gasteiger partial charge in [-0.1, -0.05) is 36.4 Å². The normalized spacial score (nSPS) is 14.9. The Morgan fingerprint density at radius 3 is 2.60 bits per heavy atom. The Balaban J connectivity index is 1.48. The zero-order valence-electron chi connectivity index (χ0n) is 14.0. The van der Waals surface area contributed by atoms with Crippen LogP contribution in [0.5, 0.6) is 0 Å². The second-order valence-electron chi connectivity index (χ2n) is 6.48. The van der Waals surface area contributed by atoms with Crippen LogP contribution >= 0.6 is 11.3 Å². The molecule has 0 unspecified atom stereocenters. The van der Waals surface area contributed by atoms with Crippen LogP contribution in [0.25, 0.3) is 10.7 Å². The summed E-state index contributed by atoms with van der Waals surface area (Å²) in [4.78, 5) is 22.2. The molecule has 4 rings (SSSR count). The van der Waals surface area contributed by atoms with E-state index in [9.17, 15) is 4.79 Å². The topological polar surface area (TPSA) is 54.9 Å². The summed E-state index contributed by atoms with van der Waals surface area (Å²) in [5, 5.41) is 3.90. The van der Waals surface area contributed by atoms with Crippen molar-refractivity contribution in [3.8, 4) is 10.7 Å². The van der Waals surface area contributed by atoms with Crippen LogP contribution in [0.2, 0.25) is 0 Å². The highest BCUT2D eigenvalue weighted by atomic mass is 32.1. The number of nitrogens with one attached hydrogen (secondary N) is 1. The van der Waals surface area contributed by atoms with E-state index in [4.69, 9.17) is 0 Å². The number of benzene rings is 1. The van der Waals surface area contributed by atoms with Gasteiger partial charge in [0.1, 0.15) is 9.88 Å². The van der Waals surface area contributed by atoms with Crippen LogP contribution < -0.4 is 5.32 Å². The van der Waals surface area contributed by atoms with Crippen molar-refractivity contribution in [2.24, 2.45) is 0 Å². The van der Waals surface area contributed by atoms with E-state index in [-0.39, 0.29) is 11.3 Å². The van der Waals surface area contributed by atoms with Gasteiger partial charge in [-0.05, 0) is 37.5 Å². The zero-order valence-corrected chi connectivity index (χ0v) is 14.8. The third-order valence-corrected chi connectivity index (χ3v) is 5.89. The van der Waals surface area contributed by atoms with E-state index in [2.05, 4.69) is 39.6 Å². The maximum atomic E-state index is 12.7. The molecule has 0 aliphatic heterocycles. The standard InChI is InChI=1S/C20H19N3OS/c1-14-17(25-19(23-14)16-9-5-6-12-21-16)18(24)22-13-20(10-11-20)15-7-3-2-4-8-15/h2-9,12H,10-11,13H2,1H3,(H,22,24). The second kappa shape index (κ2) is 6.41. The highest BCUT2D eigenvalue weighted by molar-refractivity contribution is 7.17. The van der Waals surface area contributed by atoms with Crippen molar-refractivity contribution in [3.05, 3.63) is 70.9 Å². The molecular weight excluding hydrogens is 330 g/mol. The molecule has 25 heavy (non-hydrogen) atoms. The van der Waals surface area contributed by atoms with E-state index in [0.29, 0.717) is 11.4 Å². The fraction of sp³-hybridized carbons (Fsp3) is 0.250. The lowest BCUT2D eigenvalue weighted by atomic mass is 9.96. The maximum Gasteiger partial charge on any atom is 0.263 e. The first-order valence-electron chi connectivity index (χ1n) is 8.40. The summed E-state index contributed by atoms with van der Waals surface area (Å²) >= 11 is 1.40. The van der Waals surface area contributed by atoms with Crippen LogP contribution in [-0.2, 0) is 5.41 Å². The second-order valence-corrected chi connectivity index (χ2v) is 7.48. The van der Waals surface area contributed by atoms with Crippen molar-refractivity contribution >= 4 is 17.2 Å². The Kier molecular flexibility index (Phi) is 4.09. The highest BCUT2D eigenvalue weighted by Gasteiger charge is 2.44. The first-order chi connectivity index (χ1) is 12.2. The van der Waals surface area contributed by atoms with Gasteiger partial charge in [-0.3, -0.25) is 9.78 Å². The molecule has 1 aliphatic carbocycles. The summed E-state index contributed by atoms with van der Waals surface area (Å²) in [6, 6.07) is 16.2. The average Bonchev–Trinajstić information content (AvgIpc) is 3.36. The molecule has 4 nitrogen and oxygen atoms in total. The summed E-state index contributed by atoms with van der Waals surface area (Å²) in [5.41, 5.74) is 2.98. The van der Waals surface area contributed by atoms with Gasteiger partial charge in [0.2, 0.25) is 0 Å². The van der Waals surface area contributed by atoms with Gasteiger partial charge in [0.05, 0.1) is 11.4 Å². The number of aryl methyl sites for hydroxylation is 1. The van der Waals surface area contributed by atoms with Gasteiger partial charge in [0.25, 0.3) is 5.91 Å². The minimum atomic E-state index is -0.0422. The first kappa shape index (κ1) is 16.0. The molecule has 1 fully saturated rings. The number of thiazole rings is 1. The molecule has 3 aromatic rings. The van der Waals surface area contributed by atoms with E-state index >= 15 is 0 Å². The van der Waals surface area contributed by atoms with Gasteiger partial charge in [0.15, 0.2) is 0 Å². The fourth-order valence-corrected chi connectivity index (χ4v) is 4.01. The predicted molar refractivity (Wildman–Crippen MR) is 99.8 cm³/mol. The van der Waals surface area contributed by atoms with Crippen LogP contribution in [0.3, 0.4) is 0 Å². The Labute approximate surface area is 151 Å². The molecule has 1 amide bonds. The summed E-state index contributed by atoms with van der Waals surface area (Å²) in [5.74, 6) is -0.0422. The maximum absolute atomic E-state index is 12.7. The Hall–Kier alpha value is -2.53. The lowest BCUT2D eigenvalue weighted by Gasteiger charge is -2.16. The minimum Gasteiger partial charge on any atom is -0.350 e. The number of nitrogens with zero attached hydrogens (tertiary/aromatic N) is 2. The quantitative estimate of drug-likeness (QED) is 0.758. The van der Waals surface area contributed by atoms with Crippen molar-refractivity contribution in [2.75, 3.05) is 6.54 Å². The van der Waals surface area contributed by atoms with Crippen molar-refractivity contribution in [1.82, 2.24) is 15.3 Å². The first-order valence-corrected chi connectivity index (χ1v) is 9.22. The van der Waals surface area contributed by atoms with Gasteiger partial charge >= 0.3 is 0 Å². The minimum absolute atomic E-state index is 0.0422. The van der Waals surface area contributed by atoms with Crippen LogP contribution in [0.15, 0.2) is 54.7 Å². The van der Waals surface area contributed by atoms with Gasteiger partial charge < -0.3 is 5.32 Å². The summed E-state index contributed by atoms with van der Waals surface area (Å²) in [6.45, 7) is 2.55. The number of amides is 1. The Morgan fingerprint density at radius 2 is 1.92 bits per heavy atom. The number of carbonyl (C=O) groups is 1. The molecule has 0 atom stereocenters. The number of carbonyl (C=O) groups excluding carboxylic acids is 1. The third-order valence-electron chi connectivity index (χ3n) is 4.71. The van der Waals surface area contributed by atoms with Crippen molar-refractivity contribution < 1.29 is 4.79 Å². The highest BCUT2D eigenvalue weighted by Crippen LogP contribution is 2.47. The Morgan fingerprint density at radius 1 is 1.16 bits per heavy atom. The molecule has 0 bridgehead atoms. The van der Waals surface area contributed by atoms with Crippen LogP contribution in [-0.4, -0.2) is 22.4 Å². The molecule has 2 aromatic heterocycles. The number of pyridine rings is 1. The van der Waals surface area contributed by atoms with E-state index < -0.39 is 0 Å². The zero-order chi connectivity index (χ0) is 17.3. The lowest BCUT2D eigenvalue weighted by molar-refractivity contribution is 0.0953. The number of rotatable bonds is 5. The smallest absolute Gasteiger partial charge is 0.263 e. The third kappa shape index (κ3) is 3.20. The molecule has 1 N–H and O–H groups in total. The van der Waals surface area contributed by atoms with Gasteiger partial charge in [0, 0.05) is 18.2 Å². The average molecular weight is 349 g/mol. The van der Waals surface area contributed by atoms with Crippen LogP contribution in [0.4, 0.5) is 0 Å². The molecule has 1 aliphatic rings. The van der Waals surface area contributed by atoms with E-state index in [0.717, 1.165) is 29.2 Å². The largest absolute Gasteiger partial charge is 0.350 e. The predicted octanol–water partition coefficient (Wildman–Crippen LogP) is 3.98. The molecule has 5 heteroatoms. The molecule has 2 heterocycles. The number of hydrogen-bond donors (Lipinski definition) is 1. The lowest BCUT2D eigenvalue weighted by Crippen LogP contribution is -2.32. The molecule has 0 saturated heterocycles. The monoisotopic (exact) mass is 349 g/mol. The molecule has 0 spiro atoms. The van der Waals surface area contributed by atoms with Crippen molar-refractivity contribution in [2.45, 2.75) is 25.2 Å². The molecule has 126 valence electrons. The molecule has 0 radical (unpaired) electrons. The van der Waals surface area contributed by atoms with Crippen LogP contribution in [0, 0.1) is 6.92 Å².